The molecule has 89 heavy (non-hydrogen) atoms. The van der Waals surface area contributed by atoms with Gasteiger partial charge in [-0.05, 0) is 44.9 Å². The van der Waals surface area contributed by atoms with E-state index >= 15 is 0 Å². The molecule has 12 N–H and O–H groups in total. The summed E-state index contributed by atoms with van der Waals surface area (Å²) in [5.41, 5.74) is 0. The predicted molar refractivity (Wildman–Crippen MR) is 346 cm³/mol. The zero-order valence-corrected chi connectivity index (χ0v) is 55.2. The molecule has 0 aliphatic carbocycles. The molecule has 19 heteroatoms. The van der Waals surface area contributed by atoms with Crippen LogP contribution in [0, 0.1) is 0 Å². The molecule has 3 heterocycles. The van der Waals surface area contributed by atoms with Crippen LogP contribution in [0.25, 0.3) is 0 Å². The van der Waals surface area contributed by atoms with Gasteiger partial charge >= 0.3 is 0 Å². The number of hydrogen-bond acceptors (Lipinski definition) is 18. The standard InChI is InChI=1S/C70H129NO18/c1-3-5-7-9-11-13-15-17-19-21-23-24-25-26-27-28-29-30-31-33-35-37-39-41-43-45-47-54(75)53(71-58(76)48-46-44-42-40-38-36-34-32-22-20-18-16-14-12-10-8-6-4-2)52-84-68-64(82)61(79)66(56(50-73)86-68)89-70-65(83)62(80)67(57(51-74)87-70)88-69-63(81)60(78)59(77)55(49-72)85-69/h30-31,37,39,45,47,53-57,59-70,72-75,77-83H,3-29,32-36,38,40-44,46,48-52H2,1-2H3,(H,71,76)/b31-30+,39-37+,47-45+. The van der Waals surface area contributed by atoms with Gasteiger partial charge < -0.3 is 89.9 Å². The average molecular weight is 1270 g/mol. The molecular weight excluding hydrogens is 1140 g/mol. The molecule has 3 saturated heterocycles. The van der Waals surface area contributed by atoms with E-state index < -0.39 is 124 Å². The lowest BCUT2D eigenvalue weighted by atomic mass is 9.96. The highest BCUT2D eigenvalue weighted by atomic mass is 16.8. The van der Waals surface area contributed by atoms with Crippen LogP contribution in [0.2, 0.25) is 0 Å². The number of amides is 1. The molecule has 17 atom stereocenters. The monoisotopic (exact) mass is 1270 g/mol. The molecule has 19 nitrogen and oxygen atoms in total. The van der Waals surface area contributed by atoms with Crippen molar-refractivity contribution < 1.29 is 89.4 Å². The van der Waals surface area contributed by atoms with E-state index in [4.69, 9.17) is 28.4 Å². The summed E-state index contributed by atoms with van der Waals surface area (Å²) in [7, 11) is 0. The van der Waals surface area contributed by atoms with Crippen LogP contribution in [0.1, 0.15) is 271 Å². The molecule has 0 bridgehead atoms. The summed E-state index contributed by atoms with van der Waals surface area (Å²) in [6.07, 6.45) is 34.1. The second kappa shape index (κ2) is 52.3. The summed E-state index contributed by atoms with van der Waals surface area (Å²) in [5.74, 6) is -0.286. The van der Waals surface area contributed by atoms with E-state index in [1.807, 2.05) is 6.08 Å². The predicted octanol–water partition coefficient (Wildman–Crippen LogP) is 9.61. The van der Waals surface area contributed by atoms with Crippen molar-refractivity contribution >= 4 is 5.91 Å². The third kappa shape index (κ3) is 34.3. The van der Waals surface area contributed by atoms with Gasteiger partial charge in [-0.25, -0.2) is 0 Å². The number of ether oxygens (including phenoxy) is 6. The molecule has 522 valence electrons. The number of aliphatic hydroxyl groups is 11. The van der Waals surface area contributed by atoms with E-state index in [0.29, 0.717) is 12.8 Å². The maximum absolute atomic E-state index is 13.4. The molecular formula is C70H129NO18. The number of nitrogens with one attached hydrogen (secondary N) is 1. The first-order valence-corrected chi connectivity index (χ1v) is 35.7. The van der Waals surface area contributed by atoms with E-state index in [1.165, 1.54) is 193 Å². The van der Waals surface area contributed by atoms with E-state index in [9.17, 15) is 61.0 Å². The minimum atomic E-state index is -1.98. The normalized spacial score (nSPS) is 28.4. The average Bonchev–Trinajstić information content (AvgIpc) is 1.97. The van der Waals surface area contributed by atoms with Gasteiger partial charge in [0.25, 0.3) is 0 Å². The lowest BCUT2D eigenvalue weighted by Crippen LogP contribution is -2.66. The molecule has 0 radical (unpaired) electrons. The number of carbonyl (C=O) groups is 1. The van der Waals surface area contributed by atoms with Crippen molar-refractivity contribution in [2.45, 2.75) is 375 Å². The Morgan fingerprint density at radius 1 is 0.393 bits per heavy atom. The Morgan fingerprint density at radius 2 is 0.719 bits per heavy atom. The zero-order valence-electron chi connectivity index (χ0n) is 55.2. The summed E-state index contributed by atoms with van der Waals surface area (Å²) < 4.78 is 34.3. The van der Waals surface area contributed by atoms with Gasteiger partial charge in [0.15, 0.2) is 18.9 Å². The number of rotatable bonds is 55. The van der Waals surface area contributed by atoms with Gasteiger partial charge in [0, 0.05) is 6.42 Å². The number of hydrogen-bond donors (Lipinski definition) is 12. The molecule has 1 amide bonds. The Morgan fingerprint density at radius 3 is 1.12 bits per heavy atom. The quantitative estimate of drug-likeness (QED) is 0.0199. The van der Waals surface area contributed by atoms with Gasteiger partial charge in [-0.1, -0.05) is 256 Å². The van der Waals surface area contributed by atoms with E-state index in [0.717, 1.165) is 44.9 Å². The third-order valence-corrected chi connectivity index (χ3v) is 17.9. The summed E-state index contributed by atoms with van der Waals surface area (Å²) in [5, 5.41) is 121. The van der Waals surface area contributed by atoms with Gasteiger partial charge in [-0.3, -0.25) is 4.79 Å². The first-order valence-electron chi connectivity index (χ1n) is 35.7. The van der Waals surface area contributed by atoms with Gasteiger partial charge in [0.1, 0.15) is 73.2 Å². The summed E-state index contributed by atoms with van der Waals surface area (Å²) in [6.45, 7) is 1.74. The van der Waals surface area contributed by atoms with Crippen molar-refractivity contribution in [3.63, 3.8) is 0 Å². The number of carbonyl (C=O) groups excluding carboxylic acids is 1. The molecule has 3 fully saturated rings. The smallest absolute Gasteiger partial charge is 0.220 e. The Kier molecular flexibility index (Phi) is 47.7. The number of allylic oxidation sites excluding steroid dienone is 5. The van der Waals surface area contributed by atoms with E-state index in [1.54, 1.807) is 6.08 Å². The molecule has 0 aromatic heterocycles. The molecule has 0 saturated carbocycles. The van der Waals surface area contributed by atoms with Crippen molar-refractivity contribution in [2.75, 3.05) is 26.4 Å². The molecule has 0 spiro atoms. The number of aliphatic hydroxyl groups excluding tert-OH is 11. The van der Waals surface area contributed by atoms with Crippen molar-refractivity contribution in [1.29, 1.82) is 0 Å². The number of unbranched alkanes of at least 4 members (excludes halogenated alkanes) is 35. The van der Waals surface area contributed by atoms with Gasteiger partial charge in [0.05, 0.1) is 38.6 Å². The first kappa shape index (κ1) is 81.2. The van der Waals surface area contributed by atoms with E-state index in [2.05, 4.69) is 43.5 Å². The minimum absolute atomic E-state index is 0.236. The topological polar surface area (TPSA) is 307 Å². The van der Waals surface area contributed by atoms with Crippen molar-refractivity contribution in [3.8, 4) is 0 Å². The van der Waals surface area contributed by atoms with Crippen LogP contribution < -0.4 is 5.32 Å². The van der Waals surface area contributed by atoms with Crippen LogP contribution in [0.4, 0.5) is 0 Å². The summed E-state index contributed by atoms with van der Waals surface area (Å²) >= 11 is 0. The molecule has 17 unspecified atom stereocenters. The van der Waals surface area contributed by atoms with Crippen LogP contribution in [0.3, 0.4) is 0 Å². The Labute approximate surface area is 536 Å². The Hall–Kier alpha value is -1.99. The fourth-order valence-electron chi connectivity index (χ4n) is 12.1. The van der Waals surface area contributed by atoms with E-state index in [-0.39, 0.29) is 18.9 Å². The largest absolute Gasteiger partial charge is 0.394 e. The molecule has 0 aromatic rings. The maximum Gasteiger partial charge on any atom is 0.220 e. The van der Waals surface area contributed by atoms with Gasteiger partial charge in [0.2, 0.25) is 5.91 Å². The highest BCUT2D eigenvalue weighted by molar-refractivity contribution is 5.76. The van der Waals surface area contributed by atoms with Crippen molar-refractivity contribution in [2.24, 2.45) is 0 Å². The van der Waals surface area contributed by atoms with Crippen molar-refractivity contribution in [1.82, 2.24) is 5.32 Å². The van der Waals surface area contributed by atoms with Crippen LogP contribution >= 0.6 is 0 Å². The van der Waals surface area contributed by atoms with Gasteiger partial charge in [-0.2, -0.15) is 0 Å². The SMILES string of the molecule is CCCCCCCCCCCCCCCCCC/C=C/CC/C=C/CC/C=C/C(O)C(COC1OC(CO)C(OC2OC(CO)C(OC3OC(CO)C(O)C(O)C3O)C(O)C2O)C(O)C1O)NC(=O)CCCCCCCCCCCCCCCCCCCC. The maximum atomic E-state index is 13.4. The lowest BCUT2D eigenvalue weighted by molar-refractivity contribution is -0.379. The third-order valence-electron chi connectivity index (χ3n) is 17.9. The Balaban J connectivity index is 1.45. The molecule has 3 aliphatic rings. The summed E-state index contributed by atoms with van der Waals surface area (Å²) in [4.78, 5) is 13.4. The van der Waals surface area contributed by atoms with Crippen molar-refractivity contribution in [3.05, 3.63) is 36.5 Å². The second-order valence-corrected chi connectivity index (χ2v) is 25.7. The zero-order chi connectivity index (χ0) is 64.7. The van der Waals surface area contributed by atoms with Crippen LogP contribution in [0.5, 0.6) is 0 Å². The Bertz CT molecular complexity index is 1760. The summed E-state index contributed by atoms with van der Waals surface area (Å²) in [6, 6.07) is -0.994. The molecule has 0 aromatic carbocycles. The van der Waals surface area contributed by atoms with Crippen LogP contribution in [-0.2, 0) is 33.2 Å². The highest BCUT2D eigenvalue weighted by Gasteiger charge is 2.53. The first-order chi connectivity index (χ1) is 43.3. The minimum Gasteiger partial charge on any atom is -0.394 e. The second-order valence-electron chi connectivity index (χ2n) is 25.7. The molecule has 3 rings (SSSR count). The molecule has 3 aliphatic heterocycles. The fourth-order valence-corrected chi connectivity index (χ4v) is 12.1. The van der Waals surface area contributed by atoms with Crippen LogP contribution in [0.15, 0.2) is 36.5 Å². The lowest BCUT2D eigenvalue weighted by Gasteiger charge is -2.48. The fraction of sp³-hybridized carbons (Fsp3) is 0.900. The van der Waals surface area contributed by atoms with Crippen LogP contribution in [-0.4, -0.2) is 193 Å². The van der Waals surface area contributed by atoms with Gasteiger partial charge in [-0.15, -0.1) is 0 Å². The highest BCUT2D eigenvalue weighted by Crippen LogP contribution is 2.33.